The molecule has 4 nitrogen and oxygen atoms in total. The molecule has 1 aromatic rings. The van der Waals surface area contributed by atoms with E-state index in [2.05, 4.69) is 0 Å². The van der Waals surface area contributed by atoms with Gasteiger partial charge in [-0.05, 0) is 25.0 Å². The molecule has 1 saturated carbocycles. The van der Waals surface area contributed by atoms with Crippen molar-refractivity contribution in [3.8, 4) is 0 Å². The molecule has 5 heteroatoms. The first-order chi connectivity index (χ1) is 7.56. The van der Waals surface area contributed by atoms with Gasteiger partial charge in [0.15, 0.2) is 0 Å². The lowest BCUT2D eigenvalue weighted by Gasteiger charge is -2.21. The molecule has 2 N–H and O–H groups in total. The zero-order valence-electron chi connectivity index (χ0n) is 9.10. The minimum absolute atomic E-state index is 0.00333. The molecule has 0 saturated heterocycles. The summed E-state index contributed by atoms with van der Waals surface area (Å²) in [7, 11) is 1.74. The number of thiocarbonyl (C=S) groups is 1. The van der Waals surface area contributed by atoms with Gasteiger partial charge in [0.2, 0.25) is 5.91 Å². The Bertz CT molecular complexity index is 410. The second-order valence-electron chi connectivity index (χ2n) is 4.19. The highest BCUT2D eigenvalue weighted by Gasteiger charge is 2.53. The number of rotatable bonds is 4. The largest absolute Gasteiger partial charge is 0.467 e. The van der Waals surface area contributed by atoms with Crippen molar-refractivity contribution in [3.05, 3.63) is 24.2 Å². The fraction of sp³-hybridized carbons (Fsp3) is 0.455. The molecule has 0 aromatic carbocycles. The van der Waals surface area contributed by atoms with E-state index in [0.717, 1.165) is 18.6 Å². The average molecular weight is 238 g/mol. The maximum atomic E-state index is 12.1. The van der Waals surface area contributed by atoms with Crippen LogP contribution in [0.4, 0.5) is 0 Å². The molecule has 16 heavy (non-hydrogen) atoms. The number of carbonyl (C=O) groups excluding carboxylic acids is 1. The fourth-order valence-corrected chi connectivity index (χ4v) is 2.06. The molecule has 86 valence electrons. The summed E-state index contributed by atoms with van der Waals surface area (Å²) < 4.78 is 5.19. The molecular formula is C11H14N2O2S. The van der Waals surface area contributed by atoms with Gasteiger partial charge in [0, 0.05) is 7.05 Å². The van der Waals surface area contributed by atoms with Crippen LogP contribution in [-0.2, 0) is 11.3 Å². The summed E-state index contributed by atoms with van der Waals surface area (Å²) in [4.78, 5) is 14.0. The van der Waals surface area contributed by atoms with Crippen LogP contribution < -0.4 is 5.73 Å². The van der Waals surface area contributed by atoms with Crippen LogP contribution >= 0.6 is 12.2 Å². The van der Waals surface area contributed by atoms with Crippen molar-refractivity contribution in [2.45, 2.75) is 19.4 Å². The van der Waals surface area contributed by atoms with E-state index >= 15 is 0 Å². The minimum Gasteiger partial charge on any atom is -0.467 e. The Morgan fingerprint density at radius 2 is 2.38 bits per heavy atom. The topological polar surface area (TPSA) is 59.5 Å². The molecule has 1 aliphatic rings. The summed E-state index contributed by atoms with van der Waals surface area (Å²) in [6, 6.07) is 3.64. The number of nitrogens with zero attached hydrogens (tertiary/aromatic N) is 1. The second kappa shape index (κ2) is 3.90. The van der Waals surface area contributed by atoms with Crippen molar-refractivity contribution in [2.24, 2.45) is 11.1 Å². The normalized spacial score (nSPS) is 16.8. The van der Waals surface area contributed by atoms with Gasteiger partial charge in [-0.3, -0.25) is 4.79 Å². The second-order valence-corrected chi connectivity index (χ2v) is 4.63. The Balaban J connectivity index is 2.03. The van der Waals surface area contributed by atoms with E-state index in [-0.39, 0.29) is 5.91 Å². The van der Waals surface area contributed by atoms with E-state index in [9.17, 15) is 4.79 Å². The highest BCUT2D eigenvalue weighted by molar-refractivity contribution is 7.80. The van der Waals surface area contributed by atoms with Crippen molar-refractivity contribution in [2.75, 3.05) is 7.05 Å². The van der Waals surface area contributed by atoms with Gasteiger partial charge >= 0.3 is 0 Å². The number of hydrogen-bond acceptors (Lipinski definition) is 3. The Morgan fingerprint density at radius 1 is 1.69 bits per heavy atom. The van der Waals surface area contributed by atoms with Crippen LogP contribution in [-0.4, -0.2) is 22.8 Å². The summed E-state index contributed by atoms with van der Waals surface area (Å²) in [5.74, 6) is 0.756. The number of hydrogen-bond donors (Lipinski definition) is 1. The molecule has 0 aliphatic heterocycles. The van der Waals surface area contributed by atoms with Crippen molar-refractivity contribution in [3.63, 3.8) is 0 Å². The van der Waals surface area contributed by atoms with Gasteiger partial charge in [0.25, 0.3) is 0 Å². The molecule has 1 aliphatic carbocycles. The minimum atomic E-state index is -0.573. The van der Waals surface area contributed by atoms with E-state index in [0.29, 0.717) is 11.5 Å². The monoisotopic (exact) mass is 238 g/mol. The highest BCUT2D eigenvalue weighted by atomic mass is 32.1. The standard InChI is InChI=1S/C11H14N2O2S/c1-13(7-8-3-2-6-15-8)10(14)11(4-5-11)9(12)16/h2-3,6H,4-5,7H2,1H3,(H2,12,16). The van der Waals surface area contributed by atoms with Gasteiger partial charge < -0.3 is 15.1 Å². The van der Waals surface area contributed by atoms with E-state index in [1.54, 1.807) is 24.3 Å². The predicted octanol–water partition coefficient (Wildman–Crippen LogP) is 1.30. The Labute approximate surface area is 99.4 Å². The predicted molar refractivity (Wildman–Crippen MR) is 63.6 cm³/mol. The molecule has 0 bridgehead atoms. The maximum Gasteiger partial charge on any atom is 0.235 e. The molecule has 0 atom stereocenters. The van der Waals surface area contributed by atoms with Crippen molar-refractivity contribution < 1.29 is 9.21 Å². The lowest BCUT2D eigenvalue weighted by Crippen LogP contribution is -2.40. The van der Waals surface area contributed by atoms with Gasteiger partial charge in [-0.25, -0.2) is 0 Å². The Kier molecular flexibility index (Phi) is 2.71. The SMILES string of the molecule is CN(Cc1ccco1)C(=O)C1(C(N)=S)CC1. The summed E-state index contributed by atoms with van der Waals surface area (Å²) in [5, 5.41) is 0. The zero-order chi connectivity index (χ0) is 11.8. The molecule has 0 unspecified atom stereocenters. The first kappa shape index (κ1) is 11.1. The first-order valence-electron chi connectivity index (χ1n) is 5.14. The molecule has 1 fully saturated rings. The van der Waals surface area contributed by atoms with E-state index in [4.69, 9.17) is 22.4 Å². The van der Waals surface area contributed by atoms with Gasteiger partial charge in [-0.1, -0.05) is 12.2 Å². The number of amides is 1. The van der Waals surface area contributed by atoms with Gasteiger partial charge in [0.05, 0.1) is 23.2 Å². The van der Waals surface area contributed by atoms with Crippen LogP contribution in [0.15, 0.2) is 22.8 Å². The molecule has 1 heterocycles. The van der Waals surface area contributed by atoms with Gasteiger partial charge in [0.1, 0.15) is 5.76 Å². The summed E-state index contributed by atoms with van der Waals surface area (Å²) in [5.41, 5.74) is 5.03. The third-order valence-electron chi connectivity index (χ3n) is 2.95. The summed E-state index contributed by atoms with van der Waals surface area (Å²) >= 11 is 4.94. The lowest BCUT2D eigenvalue weighted by atomic mass is 10.1. The molecule has 2 rings (SSSR count). The van der Waals surface area contributed by atoms with Crippen LogP contribution in [0.1, 0.15) is 18.6 Å². The summed E-state index contributed by atoms with van der Waals surface area (Å²) in [6.45, 7) is 0.455. The zero-order valence-corrected chi connectivity index (χ0v) is 9.92. The number of nitrogens with two attached hydrogens (primary N) is 1. The Morgan fingerprint density at radius 3 is 2.81 bits per heavy atom. The van der Waals surface area contributed by atoms with Crippen LogP contribution in [0.3, 0.4) is 0 Å². The Hall–Kier alpha value is -1.36. The fourth-order valence-electron chi connectivity index (χ4n) is 1.76. The van der Waals surface area contributed by atoms with Crippen molar-refractivity contribution in [1.29, 1.82) is 0 Å². The number of carbonyl (C=O) groups is 1. The van der Waals surface area contributed by atoms with E-state index < -0.39 is 5.41 Å². The van der Waals surface area contributed by atoms with Crippen LogP contribution in [0, 0.1) is 5.41 Å². The van der Waals surface area contributed by atoms with Crippen LogP contribution in [0.2, 0.25) is 0 Å². The lowest BCUT2D eigenvalue weighted by molar-refractivity contribution is -0.133. The molecular weight excluding hydrogens is 224 g/mol. The maximum absolute atomic E-state index is 12.1. The smallest absolute Gasteiger partial charge is 0.235 e. The average Bonchev–Trinajstić information content (AvgIpc) is 2.91. The third kappa shape index (κ3) is 1.82. The molecule has 1 amide bonds. The molecule has 0 spiro atoms. The number of furan rings is 1. The van der Waals surface area contributed by atoms with Gasteiger partial charge in [-0.2, -0.15) is 0 Å². The van der Waals surface area contributed by atoms with E-state index in [1.807, 2.05) is 6.07 Å². The van der Waals surface area contributed by atoms with Crippen molar-refractivity contribution >= 4 is 23.1 Å². The van der Waals surface area contributed by atoms with E-state index in [1.165, 1.54) is 0 Å². The first-order valence-corrected chi connectivity index (χ1v) is 5.55. The van der Waals surface area contributed by atoms with Gasteiger partial charge in [-0.15, -0.1) is 0 Å². The van der Waals surface area contributed by atoms with Crippen molar-refractivity contribution in [1.82, 2.24) is 4.90 Å². The third-order valence-corrected chi connectivity index (χ3v) is 3.34. The molecule has 1 aromatic heterocycles. The van der Waals surface area contributed by atoms with Crippen LogP contribution in [0.25, 0.3) is 0 Å². The highest BCUT2D eigenvalue weighted by Crippen LogP contribution is 2.47. The summed E-state index contributed by atoms with van der Waals surface area (Å²) in [6.07, 6.45) is 3.13. The van der Waals surface area contributed by atoms with Crippen LogP contribution in [0.5, 0.6) is 0 Å². The quantitative estimate of drug-likeness (QED) is 0.803. The molecule has 0 radical (unpaired) electrons.